The number of nitrogens with zero attached hydrogens (tertiary/aromatic N) is 3. The normalized spacial score (nSPS) is 22.2. The van der Waals surface area contributed by atoms with Crippen LogP contribution in [-0.4, -0.2) is 45.9 Å². The van der Waals surface area contributed by atoms with Crippen molar-refractivity contribution in [2.24, 2.45) is 0 Å². The lowest BCUT2D eigenvalue weighted by molar-refractivity contribution is -0.124. The van der Waals surface area contributed by atoms with Gasteiger partial charge in [0.1, 0.15) is 18.3 Å². The number of carbonyl (C=O) groups is 2. The fourth-order valence-corrected chi connectivity index (χ4v) is 5.88. The standard InChI is InChI=1S/C33H39N5O4/c34-20-26-19-29(33(40)36-28-16-8-10-18-31(28)42-23-25-13-5-2-6-14-25)38(37-26)21-32(39)35-27-15-7-9-17-30(27)41-22-24-11-3-1-4-12-24/h1-6,11-14,19,27-28,30-31H,7-10,15-18,21-23H2,(H,35,39)(H,36,40)/t27-,28+,30-,31+/m0/s1. The Balaban J connectivity index is 1.20. The molecule has 3 aromatic rings. The molecule has 42 heavy (non-hydrogen) atoms. The lowest BCUT2D eigenvalue weighted by Crippen LogP contribution is -2.48. The van der Waals surface area contributed by atoms with Crippen LogP contribution in [0.4, 0.5) is 0 Å². The molecule has 2 amide bonds. The summed E-state index contributed by atoms with van der Waals surface area (Å²) in [6, 6.07) is 23.1. The lowest BCUT2D eigenvalue weighted by atomic mass is 9.92. The van der Waals surface area contributed by atoms with Gasteiger partial charge in [-0.15, -0.1) is 0 Å². The zero-order chi connectivity index (χ0) is 29.1. The number of hydrogen-bond donors (Lipinski definition) is 2. The molecule has 1 heterocycles. The summed E-state index contributed by atoms with van der Waals surface area (Å²) >= 11 is 0. The van der Waals surface area contributed by atoms with E-state index in [0.29, 0.717) is 13.2 Å². The predicted octanol–water partition coefficient (Wildman–Crippen LogP) is 4.66. The maximum atomic E-state index is 13.4. The molecule has 2 aromatic carbocycles. The van der Waals surface area contributed by atoms with Crippen LogP contribution in [0.15, 0.2) is 66.7 Å². The van der Waals surface area contributed by atoms with Crippen LogP contribution in [0.25, 0.3) is 0 Å². The zero-order valence-corrected chi connectivity index (χ0v) is 23.9. The molecule has 2 aliphatic rings. The number of rotatable bonds is 11. The molecule has 2 fully saturated rings. The van der Waals surface area contributed by atoms with Gasteiger partial charge in [-0.3, -0.25) is 9.59 Å². The second kappa shape index (κ2) is 14.8. The fraction of sp³-hybridized carbons (Fsp3) is 0.455. The van der Waals surface area contributed by atoms with Gasteiger partial charge < -0.3 is 20.1 Å². The minimum atomic E-state index is -0.362. The van der Waals surface area contributed by atoms with Crippen LogP contribution < -0.4 is 10.6 Å². The third-order valence-electron chi connectivity index (χ3n) is 8.10. The molecule has 4 atom stereocenters. The van der Waals surface area contributed by atoms with Crippen LogP contribution >= 0.6 is 0 Å². The van der Waals surface area contributed by atoms with Gasteiger partial charge in [-0.2, -0.15) is 10.4 Å². The summed E-state index contributed by atoms with van der Waals surface area (Å²) in [5, 5.41) is 19.9. The highest BCUT2D eigenvalue weighted by molar-refractivity contribution is 5.93. The minimum Gasteiger partial charge on any atom is -0.371 e. The maximum absolute atomic E-state index is 13.4. The molecule has 0 spiro atoms. The monoisotopic (exact) mass is 569 g/mol. The van der Waals surface area contributed by atoms with Crippen molar-refractivity contribution in [1.82, 2.24) is 20.4 Å². The Kier molecular flexibility index (Phi) is 10.4. The Bertz CT molecular complexity index is 1350. The summed E-state index contributed by atoms with van der Waals surface area (Å²) in [5.74, 6) is -0.627. The second-order valence-corrected chi connectivity index (χ2v) is 11.2. The van der Waals surface area contributed by atoms with E-state index in [1.165, 1.54) is 10.7 Å². The Morgan fingerprint density at radius 2 is 1.33 bits per heavy atom. The van der Waals surface area contributed by atoms with E-state index >= 15 is 0 Å². The van der Waals surface area contributed by atoms with Crippen LogP contribution in [0.3, 0.4) is 0 Å². The Labute approximate surface area is 247 Å². The number of amides is 2. The van der Waals surface area contributed by atoms with Crippen LogP contribution in [0.1, 0.15) is 78.7 Å². The van der Waals surface area contributed by atoms with Gasteiger partial charge in [0.2, 0.25) is 5.91 Å². The molecule has 2 saturated carbocycles. The van der Waals surface area contributed by atoms with Crippen molar-refractivity contribution in [3.05, 3.63) is 89.2 Å². The average Bonchev–Trinajstić information content (AvgIpc) is 3.44. The van der Waals surface area contributed by atoms with Crippen molar-refractivity contribution in [3.63, 3.8) is 0 Å². The predicted molar refractivity (Wildman–Crippen MR) is 157 cm³/mol. The van der Waals surface area contributed by atoms with E-state index in [-0.39, 0.29) is 54.0 Å². The molecule has 0 unspecified atom stereocenters. The van der Waals surface area contributed by atoms with Gasteiger partial charge in [-0.1, -0.05) is 86.3 Å². The molecule has 220 valence electrons. The molecular weight excluding hydrogens is 530 g/mol. The molecule has 2 aliphatic carbocycles. The van der Waals surface area contributed by atoms with E-state index in [9.17, 15) is 14.9 Å². The number of benzene rings is 2. The van der Waals surface area contributed by atoms with Crippen molar-refractivity contribution in [1.29, 1.82) is 5.26 Å². The number of hydrogen-bond acceptors (Lipinski definition) is 6. The Morgan fingerprint density at radius 3 is 1.88 bits per heavy atom. The van der Waals surface area contributed by atoms with E-state index in [0.717, 1.165) is 62.5 Å². The molecule has 0 saturated heterocycles. The quantitative estimate of drug-likeness (QED) is 0.347. The molecule has 0 radical (unpaired) electrons. The van der Waals surface area contributed by atoms with Crippen LogP contribution in [-0.2, 0) is 34.0 Å². The first-order valence-corrected chi connectivity index (χ1v) is 15.0. The third-order valence-corrected chi connectivity index (χ3v) is 8.10. The van der Waals surface area contributed by atoms with Gasteiger partial charge in [0.05, 0.1) is 37.5 Å². The van der Waals surface area contributed by atoms with E-state index in [1.807, 2.05) is 66.7 Å². The highest BCUT2D eigenvalue weighted by Gasteiger charge is 2.30. The van der Waals surface area contributed by atoms with E-state index in [2.05, 4.69) is 15.7 Å². The molecular formula is C33H39N5O4. The van der Waals surface area contributed by atoms with Gasteiger partial charge in [0, 0.05) is 6.07 Å². The Hall–Kier alpha value is -4.00. The highest BCUT2D eigenvalue weighted by Crippen LogP contribution is 2.24. The number of nitrogens with one attached hydrogen (secondary N) is 2. The van der Waals surface area contributed by atoms with Crippen molar-refractivity contribution in [2.45, 2.75) is 95.4 Å². The number of aromatic nitrogens is 2. The SMILES string of the molecule is N#Cc1cc(C(=O)N[C@@H]2CCCC[C@H]2OCc2ccccc2)n(CC(=O)N[C@H]2CCCC[C@@H]2OCc2ccccc2)n1. The summed E-state index contributed by atoms with van der Waals surface area (Å²) in [6.07, 6.45) is 7.27. The van der Waals surface area contributed by atoms with Gasteiger partial charge in [0.15, 0.2) is 5.69 Å². The first kappa shape index (κ1) is 29.5. The minimum absolute atomic E-state index is 0.0860. The van der Waals surface area contributed by atoms with Crippen molar-refractivity contribution < 1.29 is 19.1 Å². The summed E-state index contributed by atoms with van der Waals surface area (Å²) in [7, 11) is 0. The molecule has 5 rings (SSSR count). The topological polar surface area (TPSA) is 118 Å². The van der Waals surface area contributed by atoms with Gasteiger partial charge in [0.25, 0.3) is 5.91 Å². The second-order valence-electron chi connectivity index (χ2n) is 11.2. The van der Waals surface area contributed by atoms with Gasteiger partial charge in [-0.25, -0.2) is 4.68 Å². The summed E-state index contributed by atoms with van der Waals surface area (Å²) < 4.78 is 13.7. The van der Waals surface area contributed by atoms with E-state index < -0.39 is 0 Å². The van der Waals surface area contributed by atoms with Gasteiger partial charge in [-0.05, 0) is 36.8 Å². The van der Waals surface area contributed by atoms with Crippen LogP contribution in [0.5, 0.6) is 0 Å². The molecule has 9 nitrogen and oxygen atoms in total. The number of ether oxygens (including phenoxy) is 2. The van der Waals surface area contributed by atoms with E-state index in [4.69, 9.17) is 9.47 Å². The first-order valence-electron chi connectivity index (χ1n) is 15.0. The van der Waals surface area contributed by atoms with Crippen molar-refractivity contribution in [3.8, 4) is 6.07 Å². The number of nitriles is 1. The summed E-state index contributed by atoms with van der Waals surface area (Å²) in [5.41, 5.74) is 2.46. The van der Waals surface area contributed by atoms with Crippen molar-refractivity contribution >= 4 is 11.8 Å². The molecule has 9 heteroatoms. The average molecular weight is 570 g/mol. The highest BCUT2D eigenvalue weighted by atomic mass is 16.5. The van der Waals surface area contributed by atoms with Crippen molar-refractivity contribution in [2.75, 3.05) is 0 Å². The van der Waals surface area contributed by atoms with E-state index in [1.54, 1.807) is 0 Å². The molecule has 0 aliphatic heterocycles. The zero-order valence-electron chi connectivity index (χ0n) is 23.9. The third kappa shape index (κ3) is 8.05. The van der Waals surface area contributed by atoms with Crippen LogP contribution in [0, 0.1) is 11.3 Å². The molecule has 2 N–H and O–H groups in total. The Morgan fingerprint density at radius 1 is 0.810 bits per heavy atom. The van der Waals surface area contributed by atoms with Gasteiger partial charge >= 0.3 is 0 Å². The number of carbonyl (C=O) groups excluding carboxylic acids is 2. The molecule has 1 aromatic heterocycles. The molecule has 0 bridgehead atoms. The fourth-order valence-electron chi connectivity index (χ4n) is 5.88. The largest absolute Gasteiger partial charge is 0.371 e. The smallest absolute Gasteiger partial charge is 0.269 e. The maximum Gasteiger partial charge on any atom is 0.269 e. The summed E-state index contributed by atoms with van der Waals surface area (Å²) in [6.45, 7) is 0.806. The lowest BCUT2D eigenvalue weighted by Gasteiger charge is -2.32. The first-order chi connectivity index (χ1) is 20.6. The summed E-state index contributed by atoms with van der Waals surface area (Å²) in [4.78, 5) is 26.6. The van der Waals surface area contributed by atoms with Crippen LogP contribution in [0.2, 0.25) is 0 Å².